The number of fused-ring (bicyclic) bond motifs is 2. The zero-order valence-corrected chi connectivity index (χ0v) is 18.8. The number of rotatable bonds is 8. The maximum atomic E-state index is 5.44. The summed E-state index contributed by atoms with van der Waals surface area (Å²) in [5.74, 6) is 1.16. The topological polar surface area (TPSA) is 109 Å². The maximum absolute atomic E-state index is 5.44. The number of halogens is 1. The van der Waals surface area contributed by atoms with Crippen molar-refractivity contribution in [3.05, 3.63) is 59.7 Å². The first-order chi connectivity index (χ1) is 14.2. The Hall–Kier alpha value is -2.45. The number of nitrogens with one attached hydrogen (secondary N) is 1. The number of imidazole rings is 1. The molecular formula is C22H30BrN7. The van der Waals surface area contributed by atoms with E-state index in [1.165, 1.54) is 17.7 Å². The smallest absolute Gasteiger partial charge is 0.185 e. The first-order valence-electron chi connectivity index (χ1n) is 10.4. The van der Waals surface area contributed by atoms with Crippen molar-refractivity contribution in [2.75, 3.05) is 13.1 Å². The normalized spacial score (nSPS) is 15.6. The third-order valence-electron chi connectivity index (χ3n) is 5.55. The van der Waals surface area contributed by atoms with Gasteiger partial charge in [-0.1, -0.05) is 18.2 Å². The van der Waals surface area contributed by atoms with Crippen molar-refractivity contribution in [2.45, 2.75) is 44.7 Å². The molecule has 2 aromatic heterocycles. The summed E-state index contributed by atoms with van der Waals surface area (Å²) in [4.78, 5) is 19.6. The Bertz CT molecular complexity index is 947. The van der Waals surface area contributed by atoms with Crippen LogP contribution in [0.4, 0.5) is 0 Å². The number of nitrogens with two attached hydrogens (primary N) is 2. The number of aromatic amines is 1. The summed E-state index contributed by atoms with van der Waals surface area (Å²) < 4.78 is 0. The summed E-state index contributed by atoms with van der Waals surface area (Å²) in [6.07, 6.45) is 7.32. The molecule has 0 fully saturated rings. The molecule has 1 unspecified atom stereocenters. The van der Waals surface area contributed by atoms with Gasteiger partial charge in [-0.15, -0.1) is 17.0 Å². The van der Waals surface area contributed by atoms with E-state index in [1.807, 2.05) is 30.5 Å². The van der Waals surface area contributed by atoms with Gasteiger partial charge in [0.05, 0.1) is 29.3 Å². The molecule has 5 N–H and O–H groups in total. The Labute approximate surface area is 187 Å². The van der Waals surface area contributed by atoms with Gasteiger partial charge < -0.3 is 16.5 Å². The molecule has 2 heterocycles. The van der Waals surface area contributed by atoms with E-state index in [9.17, 15) is 0 Å². The van der Waals surface area contributed by atoms with Crippen LogP contribution in [0.1, 0.15) is 48.8 Å². The van der Waals surface area contributed by atoms with Gasteiger partial charge >= 0.3 is 0 Å². The summed E-state index contributed by atoms with van der Waals surface area (Å²) >= 11 is 0. The fourth-order valence-corrected chi connectivity index (χ4v) is 4.19. The van der Waals surface area contributed by atoms with Gasteiger partial charge in [-0.2, -0.15) is 0 Å². The number of nitrogens with zero attached hydrogens (tertiary/aromatic N) is 4. The summed E-state index contributed by atoms with van der Waals surface area (Å²) in [6.45, 7) is 2.40. The average molecular weight is 472 g/mol. The van der Waals surface area contributed by atoms with Crippen LogP contribution in [-0.4, -0.2) is 38.9 Å². The lowest BCUT2D eigenvalue weighted by Gasteiger charge is -2.34. The number of H-pyrrole nitrogens is 1. The summed E-state index contributed by atoms with van der Waals surface area (Å²) in [7, 11) is 0. The van der Waals surface area contributed by atoms with Crippen molar-refractivity contribution >= 4 is 34.0 Å². The molecule has 1 aliphatic rings. The van der Waals surface area contributed by atoms with Crippen molar-refractivity contribution in [3.8, 4) is 0 Å². The SMILES string of the molecule is Br.NC(N)=NCCCCN(Cc1nc2ccccc2[nH]1)C1CCCc2cccnc21. The third-order valence-corrected chi connectivity index (χ3v) is 5.55. The molecule has 1 aromatic carbocycles. The second kappa shape index (κ2) is 10.5. The van der Waals surface area contributed by atoms with Gasteiger partial charge in [-0.3, -0.25) is 14.9 Å². The fraction of sp³-hybridized carbons (Fsp3) is 0.409. The van der Waals surface area contributed by atoms with Crippen LogP contribution in [-0.2, 0) is 13.0 Å². The molecule has 30 heavy (non-hydrogen) atoms. The number of aliphatic imine (C=N–C) groups is 1. The second-order valence-corrected chi connectivity index (χ2v) is 7.64. The minimum atomic E-state index is 0. The van der Waals surface area contributed by atoms with E-state index in [4.69, 9.17) is 21.4 Å². The van der Waals surface area contributed by atoms with E-state index in [0.29, 0.717) is 12.6 Å². The van der Waals surface area contributed by atoms with Gasteiger partial charge in [-0.05, 0) is 62.4 Å². The zero-order valence-electron chi connectivity index (χ0n) is 17.1. The molecule has 0 amide bonds. The molecule has 8 heteroatoms. The largest absolute Gasteiger partial charge is 0.370 e. The van der Waals surface area contributed by atoms with E-state index in [0.717, 1.165) is 55.6 Å². The highest BCUT2D eigenvalue weighted by Gasteiger charge is 2.27. The van der Waals surface area contributed by atoms with Gasteiger partial charge in [0.15, 0.2) is 5.96 Å². The molecule has 0 aliphatic heterocycles. The quantitative estimate of drug-likeness (QED) is 0.264. The van der Waals surface area contributed by atoms with E-state index < -0.39 is 0 Å². The lowest BCUT2D eigenvalue weighted by Crippen LogP contribution is -2.33. The van der Waals surface area contributed by atoms with E-state index in [-0.39, 0.29) is 22.9 Å². The molecular weight excluding hydrogens is 442 g/mol. The lowest BCUT2D eigenvalue weighted by molar-refractivity contribution is 0.159. The standard InChI is InChI=1S/C22H29N7.BrH/c23-22(24)26-12-3-4-14-29(15-20-27-17-9-1-2-10-18(17)28-20)19-11-5-7-16-8-6-13-25-21(16)19;/h1-2,6,8-10,13,19H,3-5,7,11-12,14-15H2,(H,27,28)(H4,23,24,26);1H. The van der Waals surface area contributed by atoms with Crippen LogP contribution < -0.4 is 11.5 Å². The van der Waals surface area contributed by atoms with Gasteiger partial charge in [0.2, 0.25) is 0 Å². The van der Waals surface area contributed by atoms with Crippen LogP contribution >= 0.6 is 17.0 Å². The summed E-state index contributed by atoms with van der Waals surface area (Å²) in [5.41, 5.74) is 15.6. The van der Waals surface area contributed by atoms with Crippen molar-refractivity contribution in [1.29, 1.82) is 0 Å². The Kier molecular flexibility index (Phi) is 7.81. The highest BCUT2D eigenvalue weighted by atomic mass is 79.9. The van der Waals surface area contributed by atoms with Crippen molar-refractivity contribution in [2.24, 2.45) is 16.5 Å². The van der Waals surface area contributed by atoms with Crippen molar-refractivity contribution in [1.82, 2.24) is 19.9 Å². The Morgan fingerprint density at radius 3 is 2.87 bits per heavy atom. The molecule has 0 spiro atoms. The van der Waals surface area contributed by atoms with E-state index >= 15 is 0 Å². The minimum absolute atomic E-state index is 0. The van der Waals surface area contributed by atoms with Gasteiger partial charge in [0, 0.05) is 12.7 Å². The fourth-order valence-electron chi connectivity index (χ4n) is 4.19. The molecule has 160 valence electrons. The average Bonchev–Trinajstić information content (AvgIpc) is 3.14. The van der Waals surface area contributed by atoms with Crippen LogP contribution in [0.5, 0.6) is 0 Å². The van der Waals surface area contributed by atoms with Crippen LogP contribution in [0.2, 0.25) is 0 Å². The monoisotopic (exact) mass is 471 g/mol. The number of unbranched alkanes of at least 4 members (excludes halogenated alkanes) is 1. The predicted octanol–water partition coefficient (Wildman–Crippen LogP) is 3.47. The van der Waals surface area contributed by atoms with Crippen LogP contribution in [0, 0.1) is 0 Å². The minimum Gasteiger partial charge on any atom is -0.370 e. The number of aryl methyl sites for hydroxylation is 1. The molecule has 0 bridgehead atoms. The van der Waals surface area contributed by atoms with Gasteiger partial charge in [-0.25, -0.2) is 4.98 Å². The van der Waals surface area contributed by atoms with E-state index in [1.54, 1.807) is 0 Å². The van der Waals surface area contributed by atoms with Gasteiger partial charge in [0.25, 0.3) is 0 Å². The number of hydrogen-bond acceptors (Lipinski definition) is 4. The van der Waals surface area contributed by atoms with Gasteiger partial charge in [0.1, 0.15) is 5.82 Å². The number of aromatic nitrogens is 3. The molecule has 7 nitrogen and oxygen atoms in total. The third kappa shape index (κ3) is 5.37. The molecule has 0 saturated carbocycles. The maximum Gasteiger partial charge on any atom is 0.185 e. The first-order valence-corrected chi connectivity index (χ1v) is 10.4. The number of pyridine rings is 1. The van der Waals surface area contributed by atoms with E-state index in [2.05, 4.69) is 27.0 Å². The van der Waals surface area contributed by atoms with Crippen LogP contribution in [0.3, 0.4) is 0 Å². The lowest BCUT2D eigenvalue weighted by atomic mass is 9.90. The van der Waals surface area contributed by atoms with Crippen molar-refractivity contribution < 1.29 is 0 Å². The van der Waals surface area contributed by atoms with Crippen LogP contribution in [0.25, 0.3) is 11.0 Å². The zero-order chi connectivity index (χ0) is 20.1. The highest BCUT2D eigenvalue weighted by molar-refractivity contribution is 8.93. The Morgan fingerprint density at radius 2 is 2.03 bits per heavy atom. The number of benzene rings is 1. The Morgan fingerprint density at radius 1 is 1.17 bits per heavy atom. The first kappa shape index (κ1) is 22.2. The molecule has 0 radical (unpaired) electrons. The molecule has 1 aliphatic carbocycles. The number of guanidine groups is 1. The summed E-state index contributed by atoms with van der Waals surface area (Å²) in [5, 5.41) is 0. The highest BCUT2D eigenvalue weighted by Crippen LogP contribution is 2.33. The number of hydrogen-bond donors (Lipinski definition) is 3. The second-order valence-electron chi connectivity index (χ2n) is 7.64. The predicted molar refractivity (Wildman–Crippen MR) is 127 cm³/mol. The molecule has 0 saturated heterocycles. The molecule has 4 rings (SSSR count). The van der Waals surface area contributed by atoms with Crippen molar-refractivity contribution in [3.63, 3.8) is 0 Å². The molecule has 1 atom stereocenters. The molecule has 3 aromatic rings. The Balaban J connectivity index is 0.00000256. The summed E-state index contributed by atoms with van der Waals surface area (Å²) in [6, 6.07) is 12.8. The van der Waals surface area contributed by atoms with Crippen LogP contribution in [0.15, 0.2) is 47.6 Å². The number of para-hydroxylation sites is 2.